The topological polar surface area (TPSA) is 138 Å². The van der Waals surface area contributed by atoms with Crippen molar-refractivity contribution < 1.29 is 43.2 Å². The number of esters is 1. The van der Waals surface area contributed by atoms with Crippen LogP contribution in [0.3, 0.4) is 0 Å². The molecule has 0 spiro atoms. The molecule has 0 radical (unpaired) electrons. The summed E-state index contributed by atoms with van der Waals surface area (Å²) in [4.78, 5) is 60.5. The zero-order valence-corrected chi connectivity index (χ0v) is 35.3. The van der Waals surface area contributed by atoms with Crippen LogP contribution in [-0.4, -0.2) is 138 Å². The number of carbonyl (C=O) groups is 4. The summed E-state index contributed by atoms with van der Waals surface area (Å²) in [6, 6.07) is 0.570. The molecule has 1 N–H and O–H groups in total. The molecule has 0 aromatic heterocycles. The van der Waals surface area contributed by atoms with Crippen LogP contribution < -0.4 is 0 Å². The Hall–Kier alpha value is -3.58. The maximum Gasteiger partial charge on any atom is 0.410 e. The van der Waals surface area contributed by atoms with E-state index in [-0.39, 0.29) is 37.9 Å². The molecule has 0 bridgehead atoms. The first-order chi connectivity index (χ1) is 27.2. The van der Waals surface area contributed by atoms with Gasteiger partial charge < -0.3 is 38.8 Å². The van der Waals surface area contributed by atoms with Crippen LogP contribution in [0.15, 0.2) is 36.0 Å². The van der Waals surface area contributed by atoms with Crippen LogP contribution in [0, 0.1) is 11.3 Å². The second kappa shape index (κ2) is 20.9. The number of ether oxygens (including phenoxy) is 4. The van der Waals surface area contributed by atoms with Crippen LogP contribution in [0.25, 0.3) is 0 Å². The summed E-state index contributed by atoms with van der Waals surface area (Å²) in [7, 11) is 0. The standard InChI is InChI=1S/C44H70N4O9/c1-33(15-14-21-43(3,4)32-54-40(50)46-23-10-11-24-46)39-34(2)18-19-37(56-42(52)48-29-27-45(28-30-48)35-16-8-6-7-9-17-35)44(5,53)22-20-36(31-38(49)57-39)55-41(51)47-25-12-13-26-47/h14-15,18-19,21,34-37,39,53H,6-13,16-17,20,22-32H2,1-5H3/b19-18+,21-14+,33-15+/t34-,36+,37-,39+,44+/m0/s1. The summed E-state index contributed by atoms with van der Waals surface area (Å²) in [5.41, 5.74) is -1.21. The van der Waals surface area contributed by atoms with Gasteiger partial charge in [0.2, 0.25) is 0 Å². The van der Waals surface area contributed by atoms with E-state index in [9.17, 15) is 24.3 Å². The number of aliphatic hydroxyl groups is 1. The SMILES string of the molecule is C/C(=C\C=C\C(C)(C)COC(=O)N1CCCC1)[C@H]1OC(=O)C[C@H](OC(=O)N2CCCC2)CC[C@@](C)(O)[C@@H](OC(=O)N2CCN(C3CCCCCC3)CC2)/C=C/[C@@H]1C. The lowest BCUT2D eigenvalue weighted by Crippen LogP contribution is -2.53. The maximum atomic E-state index is 13.7. The molecule has 5 rings (SSSR count). The van der Waals surface area contributed by atoms with Gasteiger partial charge in [-0.05, 0) is 76.9 Å². The van der Waals surface area contributed by atoms with Gasteiger partial charge in [0.15, 0.2) is 6.10 Å². The number of allylic oxidation sites excluding steroid dienone is 2. The Morgan fingerprint density at radius 2 is 1.40 bits per heavy atom. The number of rotatable bonds is 8. The number of likely N-dealkylation sites (tertiary alicyclic amines) is 2. The van der Waals surface area contributed by atoms with Crippen molar-refractivity contribution in [3.05, 3.63) is 36.0 Å². The Labute approximate surface area is 340 Å². The van der Waals surface area contributed by atoms with Gasteiger partial charge in [0.05, 0.1) is 6.42 Å². The van der Waals surface area contributed by atoms with Crippen molar-refractivity contribution in [2.45, 2.75) is 148 Å². The van der Waals surface area contributed by atoms with E-state index in [1.54, 1.807) is 27.7 Å². The second-order valence-electron chi connectivity index (χ2n) is 17.9. The quantitative estimate of drug-likeness (QED) is 0.0880. The zero-order chi connectivity index (χ0) is 41.0. The van der Waals surface area contributed by atoms with Crippen molar-refractivity contribution in [1.82, 2.24) is 19.6 Å². The van der Waals surface area contributed by atoms with Crippen LogP contribution in [0.1, 0.15) is 118 Å². The van der Waals surface area contributed by atoms with Crippen molar-refractivity contribution in [3.63, 3.8) is 0 Å². The van der Waals surface area contributed by atoms with Crippen LogP contribution in [0.4, 0.5) is 14.4 Å². The van der Waals surface area contributed by atoms with Crippen molar-refractivity contribution in [3.8, 4) is 0 Å². The largest absolute Gasteiger partial charge is 0.457 e. The molecule has 5 aliphatic rings. The zero-order valence-electron chi connectivity index (χ0n) is 35.3. The van der Waals surface area contributed by atoms with Gasteiger partial charge in [-0.3, -0.25) is 9.69 Å². The van der Waals surface area contributed by atoms with E-state index >= 15 is 0 Å². The number of amides is 3. The van der Waals surface area contributed by atoms with E-state index < -0.39 is 47.5 Å². The molecule has 0 aromatic carbocycles. The van der Waals surface area contributed by atoms with Crippen molar-refractivity contribution in [2.24, 2.45) is 11.3 Å². The Kier molecular flexibility index (Phi) is 16.3. The molecule has 3 amide bonds. The molecular weight excluding hydrogens is 729 g/mol. The fourth-order valence-corrected chi connectivity index (χ4v) is 8.57. The Morgan fingerprint density at radius 1 is 0.825 bits per heavy atom. The molecule has 1 aliphatic carbocycles. The molecular formula is C44H70N4O9. The second-order valence-corrected chi connectivity index (χ2v) is 17.9. The Bertz CT molecular complexity index is 1430. The van der Waals surface area contributed by atoms with Gasteiger partial charge in [0, 0.05) is 69.7 Å². The average molecular weight is 799 g/mol. The smallest absolute Gasteiger partial charge is 0.410 e. The van der Waals surface area contributed by atoms with E-state index in [2.05, 4.69) is 4.90 Å². The summed E-state index contributed by atoms with van der Waals surface area (Å²) >= 11 is 0. The number of carbonyl (C=O) groups excluding carboxylic acids is 4. The summed E-state index contributed by atoms with van der Waals surface area (Å²) in [5.74, 6) is -0.894. The van der Waals surface area contributed by atoms with Crippen LogP contribution in [-0.2, 0) is 23.7 Å². The highest BCUT2D eigenvalue weighted by Crippen LogP contribution is 2.30. The minimum absolute atomic E-state index is 0.112. The highest BCUT2D eigenvalue weighted by Gasteiger charge is 2.38. The predicted octanol–water partition coefficient (Wildman–Crippen LogP) is 7.23. The van der Waals surface area contributed by atoms with E-state index in [0.29, 0.717) is 32.2 Å². The minimum atomic E-state index is -1.53. The molecule has 13 heteroatoms. The predicted molar refractivity (Wildman–Crippen MR) is 217 cm³/mol. The molecule has 4 aliphatic heterocycles. The number of hydrogen-bond donors (Lipinski definition) is 1. The highest BCUT2D eigenvalue weighted by molar-refractivity contribution is 5.72. The summed E-state index contributed by atoms with van der Waals surface area (Å²) in [6.45, 7) is 15.0. The number of cyclic esters (lactones) is 1. The first-order valence-corrected chi connectivity index (χ1v) is 21.7. The monoisotopic (exact) mass is 799 g/mol. The maximum absolute atomic E-state index is 13.7. The first kappa shape index (κ1) is 44.5. The normalized spacial score (nSPS) is 30.0. The number of nitrogens with zero attached hydrogens (tertiary/aromatic N) is 4. The van der Waals surface area contributed by atoms with E-state index in [0.717, 1.165) is 57.4 Å². The van der Waals surface area contributed by atoms with E-state index in [1.807, 2.05) is 52.0 Å². The Morgan fingerprint density at radius 3 is 2.04 bits per heavy atom. The Balaban J connectivity index is 1.30. The highest BCUT2D eigenvalue weighted by atomic mass is 16.6. The number of piperazine rings is 1. The number of hydrogen-bond acceptors (Lipinski definition) is 10. The van der Waals surface area contributed by atoms with Crippen LogP contribution >= 0.6 is 0 Å². The average Bonchev–Trinajstić information content (AvgIpc) is 3.87. The van der Waals surface area contributed by atoms with Crippen LogP contribution in [0.2, 0.25) is 0 Å². The summed E-state index contributed by atoms with van der Waals surface area (Å²) in [6.07, 6.45) is 16.9. The first-order valence-electron chi connectivity index (χ1n) is 21.7. The molecule has 3 saturated heterocycles. The van der Waals surface area contributed by atoms with Gasteiger partial charge in [0.1, 0.15) is 24.4 Å². The molecule has 57 heavy (non-hydrogen) atoms. The van der Waals surface area contributed by atoms with E-state index in [4.69, 9.17) is 18.9 Å². The molecule has 1 saturated carbocycles. The van der Waals surface area contributed by atoms with E-state index in [1.165, 1.54) is 38.5 Å². The lowest BCUT2D eigenvalue weighted by Gasteiger charge is -2.40. The summed E-state index contributed by atoms with van der Waals surface area (Å²) in [5, 5.41) is 12.0. The molecule has 4 heterocycles. The van der Waals surface area contributed by atoms with Gasteiger partial charge in [-0.25, -0.2) is 14.4 Å². The van der Waals surface area contributed by atoms with Gasteiger partial charge in [0.25, 0.3) is 0 Å². The van der Waals surface area contributed by atoms with Crippen molar-refractivity contribution in [2.75, 3.05) is 59.0 Å². The minimum Gasteiger partial charge on any atom is -0.457 e. The van der Waals surface area contributed by atoms with Gasteiger partial charge >= 0.3 is 24.2 Å². The van der Waals surface area contributed by atoms with Gasteiger partial charge in [-0.2, -0.15) is 0 Å². The third-order valence-electron chi connectivity index (χ3n) is 12.4. The molecule has 13 nitrogen and oxygen atoms in total. The molecule has 320 valence electrons. The molecule has 5 atom stereocenters. The van der Waals surface area contributed by atoms with Crippen LogP contribution in [0.5, 0.6) is 0 Å². The third kappa shape index (κ3) is 13.5. The summed E-state index contributed by atoms with van der Waals surface area (Å²) < 4.78 is 23.8. The lowest BCUT2D eigenvalue weighted by atomic mass is 9.88. The molecule has 0 unspecified atom stereocenters. The molecule has 4 fully saturated rings. The van der Waals surface area contributed by atoms with Gasteiger partial charge in [-0.15, -0.1) is 0 Å². The molecule has 0 aromatic rings. The third-order valence-corrected chi connectivity index (χ3v) is 12.4. The lowest BCUT2D eigenvalue weighted by molar-refractivity contribution is -0.151. The fraction of sp³-hybridized carbons (Fsp3) is 0.773. The van der Waals surface area contributed by atoms with Crippen molar-refractivity contribution >= 4 is 24.2 Å². The van der Waals surface area contributed by atoms with Gasteiger partial charge in [-0.1, -0.05) is 70.8 Å². The fourth-order valence-electron chi connectivity index (χ4n) is 8.57. The van der Waals surface area contributed by atoms with Crippen molar-refractivity contribution in [1.29, 1.82) is 0 Å².